The SMILES string of the molecule is Cc1ccccc1C1CCN(C(=O)/C=C/c2ccccc2Cl)CCS1. The van der Waals surface area contributed by atoms with Crippen LogP contribution in [0.5, 0.6) is 0 Å². The van der Waals surface area contributed by atoms with E-state index >= 15 is 0 Å². The van der Waals surface area contributed by atoms with E-state index in [1.165, 1.54) is 11.1 Å². The Hall–Kier alpha value is -1.71. The zero-order valence-electron chi connectivity index (χ0n) is 14.3. The molecule has 1 saturated heterocycles. The maximum atomic E-state index is 12.5. The molecule has 1 fully saturated rings. The van der Waals surface area contributed by atoms with Crippen molar-refractivity contribution in [1.82, 2.24) is 4.90 Å². The number of aryl methyl sites for hydroxylation is 1. The first-order chi connectivity index (χ1) is 12.1. The van der Waals surface area contributed by atoms with Crippen molar-refractivity contribution in [3.8, 4) is 0 Å². The van der Waals surface area contributed by atoms with Crippen LogP contribution in [0, 0.1) is 6.92 Å². The molecule has 130 valence electrons. The highest BCUT2D eigenvalue weighted by Gasteiger charge is 2.21. The first kappa shape index (κ1) is 18.1. The number of nitrogens with zero attached hydrogens (tertiary/aromatic N) is 1. The summed E-state index contributed by atoms with van der Waals surface area (Å²) in [4.78, 5) is 14.5. The maximum Gasteiger partial charge on any atom is 0.246 e. The molecule has 25 heavy (non-hydrogen) atoms. The molecule has 0 aromatic heterocycles. The topological polar surface area (TPSA) is 20.3 Å². The third-order valence-corrected chi connectivity index (χ3v) is 6.15. The Balaban J connectivity index is 1.64. The van der Waals surface area contributed by atoms with E-state index in [-0.39, 0.29) is 5.91 Å². The number of halogens is 1. The predicted molar refractivity (Wildman–Crippen MR) is 108 cm³/mol. The van der Waals surface area contributed by atoms with Gasteiger partial charge in [0.15, 0.2) is 0 Å². The summed E-state index contributed by atoms with van der Waals surface area (Å²) in [7, 11) is 0. The summed E-state index contributed by atoms with van der Waals surface area (Å²) < 4.78 is 0. The van der Waals surface area contributed by atoms with E-state index in [1.54, 1.807) is 6.08 Å². The molecule has 0 aliphatic carbocycles. The Morgan fingerprint density at radius 1 is 1.16 bits per heavy atom. The zero-order valence-corrected chi connectivity index (χ0v) is 15.9. The molecule has 2 aromatic rings. The molecule has 0 bridgehead atoms. The lowest BCUT2D eigenvalue weighted by molar-refractivity contribution is -0.125. The van der Waals surface area contributed by atoms with Crippen LogP contribution >= 0.6 is 23.4 Å². The third kappa shape index (κ3) is 4.68. The van der Waals surface area contributed by atoms with Crippen LogP contribution in [0.25, 0.3) is 6.08 Å². The molecule has 1 aliphatic rings. The fourth-order valence-corrected chi connectivity index (χ4v) is 4.59. The van der Waals surface area contributed by atoms with Gasteiger partial charge in [-0.15, -0.1) is 0 Å². The second-order valence-electron chi connectivity index (χ2n) is 6.18. The van der Waals surface area contributed by atoms with E-state index in [0.29, 0.717) is 10.3 Å². The van der Waals surface area contributed by atoms with Crippen LogP contribution in [0.2, 0.25) is 5.02 Å². The highest BCUT2D eigenvalue weighted by molar-refractivity contribution is 7.99. The number of carbonyl (C=O) groups is 1. The molecule has 1 atom stereocenters. The summed E-state index contributed by atoms with van der Waals surface area (Å²) in [6.07, 6.45) is 4.43. The van der Waals surface area contributed by atoms with Crippen molar-refractivity contribution in [3.05, 3.63) is 76.3 Å². The number of carbonyl (C=O) groups excluding carboxylic acids is 1. The van der Waals surface area contributed by atoms with E-state index < -0.39 is 0 Å². The Labute approximate surface area is 158 Å². The summed E-state index contributed by atoms with van der Waals surface area (Å²) in [6, 6.07) is 16.1. The first-order valence-corrected chi connectivity index (χ1v) is 9.96. The second-order valence-corrected chi connectivity index (χ2v) is 7.90. The zero-order chi connectivity index (χ0) is 17.6. The van der Waals surface area contributed by atoms with Crippen molar-refractivity contribution in [2.24, 2.45) is 0 Å². The fraction of sp³-hybridized carbons (Fsp3) is 0.286. The Morgan fingerprint density at radius 2 is 1.92 bits per heavy atom. The average Bonchev–Trinajstić information content (AvgIpc) is 2.87. The molecule has 1 amide bonds. The molecule has 0 saturated carbocycles. The van der Waals surface area contributed by atoms with Crippen molar-refractivity contribution >= 4 is 35.3 Å². The predicted octanol–water partition coefficient (Wildman–Crippen LogP) is 5.37. The van der Waals surface area contributed by atoms with Gasteiger partial charge in [0, 0.05) is 35.2 Å². The molecular formula is C21H22ClNOS. The van der Waals surface area contributed by atoms with Crippen molar-refractivity contribution in [2.45, 2.75) is 18.6 Å². The van der Waals surface area contributed by atoms with Crippen LogP contribution < -0.4 is 0 Å². The van der Waals surface area contributed by atoms with E-state index in [4.69, 9.17) is 11.6 Å². The molecule has 2 nitrogen and oxygen atoms in total. The lowest BCUT2D eigenvalue weighted by Crippen LogP contribution is -2.31. The molecule has 1 aliphatic heterocycles. The van der Waals surface area contributed by atoms with Gasteiger partial charge in [-0.25, -0.2) is 0 Å². The minimum Gasteiger partial charge on any atom is -0.338 e. The number of rotatable bonds is 3. The van der Waals surface area contributed by atoms with Crippen molar-refractivity contribution in [1.29, 1.82) is 0 Å². The molecule has 3 rings (SSSR count). The van der Waals surface area contributed by atoms with Gasteiger partial charge >= 0.3 is 0 Å². The summed E-state index contributed by atoms with van der Waals surface area (Å²) in [5.41, 5.74) is 3.60. The third-order valence-electron chi connectivity index (χ3n) is 4.50. The number of thioether (sulfide) groups is 1. The van der Waals surface area contributed by atoms with Gasteiger partial charge in [0.05, 0.1) is 0 Å². The van der Waals surface area contributed by atoms with E-state index in [1.807, 2.05) is 47.0 Å². The van der Waals surface area contributed by atoms with Gasteiger partial charge < -0.3 is 4.90 Å². The minimum atomic E-state index is 0.0611. The largest absolute Gasteiger partial charge is 0.338 e. The molecule has 1 heterocycles. The summed E-state index contributed by atoms with van der Waals surface area (Å²) >= 11 is 8.09. The van der Waals surface area contributed by atoms with Crippen LogP contribution in [-0.4, -0.2) is 29.6 Å². The lowest BCUT2D eigenvalue weighted by Gasteiger charge is -2.19. The smallest absolute Gasteiger partial charge is 0.246 e. The van der Waals surface area contributed by atoms with Crippen molar-refractivity contribution < 1.29 is 4.79 Å². The van der Waals surface area contributed by atoms with Crippen LogP contribution in [0.4, 0.5) is 0 Å². The summed E-state index contributed by atoms with van der Waals surface area (Å²) in [5, 5.41) is 1.13. The lowest BCUT2D eigenvalue weighted by atomic mass is 10.0. The van der Waals surface area contributed by atoms with Gasteiger partial charge in [0.25, 0.3) is 0 Å². The monoisotopic (exact) mass is 371 g/mol. The van der Waals surface area contributed by atoms with Gasteiger partial charge in [-0.3, -0.25) is 4.79 Å². The molecule has 0 N–H and O–H groups in total. The summed E-state index contributed by atoms with van der Waals surface area (Å²) in [6.45, 7) is 3.74. The molecule has 0 spiro atoms. The second kappa shape index (κ2) is 8.59. The quantitative estimate of drug-likeness (QED) is 0.676. The van der Waals surface area contributed by atoms with Crippen LogP contribution in [0.1, 0.15) is 28.4 Å². The highest BCUT2D eigenvalue weighted by Crippen LogP contribution is 2.35. The van der Waals surface area contributed by atoms with Crippen molar-refractivity contribution in [2.75, 3.05) is 18.8 Å². The number of amides is 1. The number of hydrogen-bond acceptors (Lipinski definition) is 2. The van der Waals surface area contributed by atoms with Crippen LogP contribution in [-0.2, 0) is 4.79 Å². The normalized spacial score (nSPS) is 18.3. The minimum absolute atomic E-state index is 0.0611. The number of hydrogen-bond donors (Lipinski definition) is 0. The van der Waals surface area contributed by atoms with Crippen LogP contribution in [0.15, 0.2) is 54.6 Å². The van der Waals surface area contributed by atoms with E-state index in [0.717, 1.165) is 30.8 Å². The highest BCUT2D eigenvalue weighted by atomic mass is 35.5. The van der Waals surface area contributed by atoms with Crippen LogP contribution in [0.3, 0.4) is 0 Å². The Kier molecular flexibility index (Phi) is 6.22. The van der Waals surface area contributed by atoms with Gasteiger partial charge in [-0.1, -0.05) is 54.1 Å². The first-order valence-electron chi connectivity index (χ1n) is 8.54. The number of benzene rings is 2. The van der Waals surface area contributed by atoms with Gasteiger partial charge in [0.1, 0.15) is 0 Å². The Bertz CT molecular complexity index is 774. The van der Waals surface area contributed by atoms with Gasteiger partial charge in [-0.2, -0.15) is 11.8 Å². The Morgan fingerprint density at radius 3 is 2.72 bits per heavy atom. The molecule has 2 aromatic carbocycles. The van der Waals surface area contributed by atoms with Gasteiger partial charge in [0.2, 0.25) is 5.91 Å². The maximum absolute atomic E-state index is 12.5. The molecule has 0 radical (unpaired) electrons. The van der Waals surface area contributed by atoms with E-state index in [9.17, 15) is 4.79 Å². The standard InChI is InChI=1S/C21H22ClNOS/c1-16-6-2-4-8-18(16)20-12-13-23(14-15-25-20)21(24)11-10-17-7-3-5-9-19(17)22/h2-11,20H,12-15H2,1H3/b11-10+. The molecule has 4 heteroatoms. The molecular weight excluding hydrogens is 350 g/mol. The van der Waals surface area contributed by atoms with Gasteiger partial charge in [-0.05, 0) is 42.2 Å². The fourth-order valence-electron chi connectivity index (χ4n) is 3.06. The average molecular weight is 372 g/mol. The van der Waals surface area contributed by atoms with Crippen molar-refractivity contribution in [3.63, 3.8) is 0 Å². The van der Waals surface area contributed by atoms with E-state index in [2.05, 4.69) is 31.2 Å². The molecule has 1 unspecified atom stereocenters. The summed E-state index contributed by atoms with van der Waals surface area (Å²) in [5.74, 6) is 1.02.